The standard InChI is InChI=1S/C34H36N8O2/c1-6-40-31-29(32(43)42(33(40)44)22(2)24-12-8-7-9-13-24)41(28(35-31)20-34(3,4)5)21-23-16-18-25(19-17-23)26-14-10-11-15-27(26)30-36-38-39-37-30/h7-19,22H,6,20-21H2,1-5H3,(H,36,37,38,39). The van der Waals surface area contributed by atoms with Crippen molar-refractivity contribution in [1.82, 2.24) is 39.3 Å². The summed E-state index contributed by atoms with van der Waals surface area (Å²) in [4.78, 5) is 33.0. The van der Waals surface area contributed by atoms with Crippen LogP contribution in [0, 0.1) is 5.41 Å². The maximum Gasteiger partial charge on any atom is 0.333 e. The summed E-state index contributed by atoms with van der Waals surface area (Å²) in [5, 5.41) is 14.6. The third kappa shape index (κ3) is 5.39. The molecule has 6 rings (SSSR count). The lowest BCUT2D eigenvalue weighted by Gasteiger charge is -2.19. The van der Waals surface area contributed by atoms with Crippen molar-refractivity contribution in [1.29, 1.82) is 0 Å². The minimum atomic E-state index is -0.439. The van der Waals surface area contributed by atoms with E-state index in [2.05, 4.69) is 65.7 Å². The number of benzene rings is 3. The first kappa shape index (κ1) is 29.0. The molecule has 0 fully saturated rings. The lowest BCUT2D eigenvalue weighted by atomic mass is 9.92. The molecule has 44 heavy (non-hydrogen) atoms. The predicted octanol–water partition coefficient (Wildman–Crippen LogP) is 5.47. The van der Waals surface area contributed by atoms with Gasteiger partial charge in [-0.15, -0.1) is 10.2 Å². The Morgan fingerprint density at radius 3 is 2.18 bits per heavy atom. The average molecular weight is 589 g/mol. The highest BCUT2D eigenvalue weighted by atomic mass is 16.2. The van der Waals surface area contributed by atoms with Crippen LogP contribution >= 0.6 is 0 Å². The summed E-state index contributed by atoms with van der Waals surface area (Å²) in [6, 6.07) is 25.4. The zero-order valence-corrected chi connectivity index (χ0v) is 25.7. The SMILES string of the molecule is CCn1c(=O)n(C(C)c2ccccc2)c(=O)c2c1nc(CC(C)(C)C)n2Cc1ccc(-c2ccccc2-c2nn[nH]n2)cc1. The van der Waals surface area contributed by atoms with Gasteiger partial charge in [0.25, 0.3) is 5.56 Å². The van der Waals surface area contributed by atoms with E-state index in [0.29, 0.717) is 36.5 Å². The summed E-state index contributed by atoms with van der Waals surface area (Å²) in [7, 11) is 0. The minimum Gasteiger partial charge on any atom is -0.318 e. The van der Waals surface area contributed by atoms with Crippen LogP contribution in [-0.2, 0) is 19.5 Å². The van der Waals surface area contributed by atoms with Gasteiger partial charge in [-0.2, -0.15) is 5.21 Å². The van der Waals surface area contributed by atoms with Gasteiger partial charge in [-0.05, 0) is 46.7 Å². The number of nitrogens with zero attached hydrogens (tertiary/aromatic N) is 7. The molecular weight excluding hydrogens is 552 g/mol. The molecule has 1 atom stereocenters. The molecule has 0 amide bonds. The number of imidazole rings is 1. The molecule has 0 radical (unpaired) electrons. The van der Waals surface area contributed by atoms with Crippen LogP contribution in [-0.4, -0.2) is 39.3 Å². The van der Waals surface area contributed by atoms with Crippen LogP contribution in [0.15, 0.2) is 88.5 Å². The fourth-order valence-electron chi connectivity index (χ4n) is 5.77. The van der Waals surface area contributed by atoms with Crippen molar-refractivity contribution in [2.24, 2.45) is 5.41 Å². The van der Waals surface area contributed by atoms with Crippen molar-refractivity contribution in [3.63, 3.8) is 0 Å². The number of hydrogen-bond acceptors (Lipinski definition) is 6. The van der Waals surface area contributed by atoms with Crippen LogP contribution in [0.4, 0.5) is 0 Å². The number of aromatic amines is 1. The Balaban J connectivity index is 1.48. The van der Waals surface area contributed by atoms with Crippen molar-refractivity contribution < 1.29 is 0 Å². The molecule has 0 saturated heterocycles. The van der Waals surface area contributed by atoms with E-state index in [-0.39, 0.29) is 16.7 Å². The Kier molecular flexibility index (Phi) is 7.59. The van der Waals surface area contributed by atoms with Crippen molar-refractivity contribution in [3.8, 4) is 22.5 Å². The van der Waals surface area contributed by atoms with E-state index in [4.69, 9.17) is 4.98 Å². The van der Waals surface area contributed by atoms with Gasteiger partial charge in [-0.3, -0.25) is 13.9 Å². The number of rotatable bonds is 8. The Morgan fingerprint density at radius 2 is 1.55 bits per heavy atom. The van der Waals surface area contributed by atoms with Gasteiger partial charge in [0.05, 0.1) is 6.04 Å². The Bertz CT molecular complexity index is 2030. The highest BCUT2D eigenvalue weighted by Gasteiger charge is 2.26. The van der Waals surface area contributed by atoms with E-state index < -0.39 is 6.04 Å². The van der Waals surface area contributed by atoms with Gasteiger partial charge < -0.3 is 4.57 Å². The maximum absolute atomic E-state index is 14.3. The van der Waals surface area contributed by atoms with E-state index in [1.54, 1.807) is 4.57 Å². The van der Waals surface area contributed by atoms with E-state index in [1.165, 1.54) is 4.57 Å². The monoisotopic (exact) mass is 588 g/mol. The van der Waals surface area contributed by atoms with Crippen molar-refractivity contribution >= 4 is 11.2 Å². The topological polar surface area (TPSA) is 116 Å². The second-order valence-electron chi connectivity index (χ2n) is 12.3. The lowest BCUT2D eigenvalue weighted by Crippen LogP contribution is -2.42. The number of tetrazole rings is 1. The molecule has 10 heteroatoms. The average Bonchev–Trinajstić information content (AvgIpc) is 3.66. The first-order valence-corrected chi connectivity index (χ1v) is 14.9. The number of hydrogen-bond donors (Lipinski definition) is 1. The van der Waals surface area contributed by atoms with Crippen LogP contribution < -0.4 is 11.2 Å². The molecule has 1 unspecified atom stereocenters. The zero-order chi connectivity index (χ0) is 31.0. The molecule has 3 aromatic heterocycles. The normalized spacial score (nSPS) is 12.6. The van der Waals surface area contributed by atoms with Gasteiger partial charge in [0, 0.05) is 25.1 Å². The first-order valence-electron chi connectivity index (χ1n) is 14.9. The molecule has 0 aliphatic heterocycles. The summed E-state index contributed by atoms with van der Waals surface area (Å²) in [5.41, 5.74) is 4.90. The third-order valence-electron chi connectivity index (χ3n) is 7.94. The molecule has 0 aliphatic carbocycles. The van der Waals surface area contributed by atoms with Gasteiger partial charge in [0.2, 0.25) is 5.82 Å². The highest BCUT2D eigenvalue weighted by molar-refractivity contribution is 5.80. The smallest absolute Gasteiger partial charge is 0.318 e. The van der Waals surface area contributed by atoms with E-state index >= 15 is 0 Å². The fourth-order valence-corrected chi connectivity index (χ4v) is 5.77. The second kappa shape index (κ2) is 11.5. The molecular formula is C34H36N8O2. The summed E-state index contributed by atoms with van der Waals surface area (Å²) in [6.07, 6.45) is 0.642. The summed E-state index contributed by atoms with van der Waals surface area (Å²) in [5.74, 6) is 1.31. The summed E-state index contributed by atoms with van der Waals surface area (Å²) in [6.45, 7) is 11.1. The molecule has 0 aliphatic rings. The molecule has 0 spiro atoms. The Labute approximate surface area is 255 Å². The van der Waals surface area contributed by atoms with Crippen LogP contribution in [0.3, 0.4) is 0 Å². The Hall–Kier alpha value is -5.12. The molecule has 10 nitrogen and oxygen atoms in total. The van der Waals surface area contributed by atoms with E-state index in [0.717, 1.165) is 33.6 Å². The first-order chi connectivity index (χ1) is 21.2. The van der Waals surface area contributed by atoms with Crippen molar-refractivity contribution in [3.05, 3.63) is 117 Å². The number of fused-ring (bicyclic) bond motifs is 1. The Morgan fingerprint density at radius 1 is 0.864 bits per heavy atom. The molecule has 3 heterocycles. The molecule has 0 bridgehead atoms. The highest BCUT2D eigenvalue weighted by Crippen LogP contribution is 2.30. The number of H-pyrrole nitrogens is 1. The van der Waals surface area contributed by atoms with Crippen LogP contribution in [0.1, 0.15) is 57.6 Å². The van der Waals surface area contributed by atoms with E-state index in [1.807, 2.05) is 73.0 Å². The molecule has 1 N–H and O–H groups in total. The van der Waals surface area contributed by atoms with Gasteiger partial charge in [-0.25, -0.2) is 9.78 Å². The second-order valence-corrected chi connectivity index (χ2v) is 12.3. The van der Waals surface area contributed by atoms with Crippen molar-refractivity contribution in [2.45, 2.75) is 60.2 Å². The number of aryl methyl sites for hydroxylation is 1. The van der Waals surface area contributed by atoms with Crippen LogP contribution in [0.5, 0.6) is 0 Å². The van der Waals surface area contributed by atoms with E-state index in [9.17, 15) is 9.59 Å². The minimum absolute atomic E-state index is 0.0878. The van der Waals surface area contributed by atoms with Crippen LogP contribution in [0.2, 0.25) is 0 Å². The molecule has 6 aromatic rings. The maximum atomic E-state index is 14.3. The fraction of sp³-hybridized carbons (Fsp3) is 0.294. The predicted molar refractivity (Wildman–Crippen MR) is 171 cm³/mol. The molecule has 224 valence electrons. The lowest BCUT2D eigenvalue weighted by molar-refractivity contribution is 0.394. The number of aromatic nitrogens is 8. The number of nitrogens with one attached hydrogen (secondary N) is 1. The van der Waals surface area contributed by atoms with Crippen LogP contribution in [0.25, 0.3) is 33.7 Å². The van der Waals surface area contributed by atoms with Gasteiger partial charge in [0.1, 0.15) is 5.82 Å². The molecule has 0 saturated carbocycles. The molecule has 3 aromatic carbocycles. The zero-order valence-electron chi connectivity index (χ0n) is 25.7. The summed E-state index contributed by atoms with van der Waals surface area (Å²) < 4.78 is 5.00. The van der Waals surface area contributed by atoms with Crippen molar-refractivity contribution in [2.75, 3.05) is 0 Å². The van der Waals surface area contributed by atoms with Gasteiger partial charge >= 0.3 is 5.69 Å². The quantitative estimate of drug-likeness (QED) is 0.252. The van der Waals surface area contributed by atoms with Gasteiger partial charge in [-0.1, -0.05) is 99.6 Å². The third-order valence-corrected chi connectivity index (χ3v) is 7.94. The largest absolute Gasteiger partial charge is 0.333 e. The van der Waals surface area contributed by atoms with Gasteiger partial charge in [0.15, 0.2) is 11.2 Å². The summed E-state index contributed by atoms with van der Waals surface area (Å²) >= 11 is 0.